The lowest BCUT2D eigenvalue weighted by Gasteiger charge is -2.35. The fourth-order valence-electron chi connectivity index (χ4n) is 3.22. The van der Waals surface area contributed by atoms with E-state index < -0.39 is 0 Å². The van der Waals surface area contributed by atoms with E-state index in [0.717, 1.165) is 24.9 Å². The van der Waals surface area contributed by atoms with Crippen LogP contribution in [0.4, 0.5) is 4.39 Å². The number of hydrogen-bond donors (Lipinski definition) is 1. The van der Waals surface area contributed by atoms with E-state index in [0.29, 0.717) is 26.1 Å². The lowest BCUT2D eigenvalue weighted by molar-refractivity contribution is -0.146. The zero-order valence-electron chi connectivity index (χ0n) is 13.5. The second-order valence-corrected chi connectivity index (χ2v) is 6.26. The van der Waals surface area contributed by atoms with Crippen LogP contribution in [0.25, 0.3) is 0 Å². The van der Waals surface area contributed by atoms with Crippen molar-refractivity contribution in [3.8, 4) is 0 Å². The van der Waals surface area contributed by atoms with Crippen molar-refractivity contribution in [2.75, 3.05) is 26.2 Å². The molecule has 1 N–H and O–H groups in total. The van der Waals surface area contributed by atoms with E-state index in [1.807, 2.05) is 0 Å². The topological polar surface area (TPSA) is 52.7 Å². The molecule has 1 aromatic rings. The van der Waals surface area contributed by atoms with Crippen LogP contribution in [-0.4, -0.2) is 53.8 Å². The van der Waals surface area contributed by atoms with Crippen LogP contribution >= 0.6 is 12.4 Å². The summed E-state index contributed by atoms with van der Waals surface area (Å²) in [5.74, 6) is -0.329. The van der Waals surface area contributed by atoms with Gasteiger partial charge < -0.3 is 15.1 Å². The first-order valence-corrected chi connectivity index (χ1v) is 8.15. The number of nitrogens with zero attached hydrogens (tertiary/aromatic N) is 2. The van der Waals surface area contributed by atoms with Crippen molar-refractivity contribution in [2.24, 2.45) is 0 Å². The number of amides is 2. The molecule has 24 heavy (non-hydrogen) atoms. The van der Waals surface area contributed by atoms with Crippen LogP contribution in [0, 0.1) is 5.82 Å². The van der Waals surface area contributed by atoms with Gasteiger partial charge in [-0.05, 0) is 37.1 Å². The highest BCUT2D eigenvalue weighted by Crippen LogP contribution is 2.14. The van der Waals surface area contributed by atoms with Crippen molar-refractivity contribution < 1.29 is 14.0 Å². The average Bonchev–Trinajstić information content (AvgIpc) is 3.02. The molecule has 1 unspecified atom stereocenters. The van der Waals surface area contributed by atoms with Crippen LogP contribution in [0.15, 0.2) is 24.3 Å². The molecule has 132 valence electrons. The zero-order valence-corrected chi connectivity index (χ0v) is 14.4. The number of carbonyl (C=O) groups is 2. The lowest BCUT2D eigenvalue weighted by atomic mass is 10.1. The average molecular weight is 356 g/mol. The molecule has 0 saturated carbocycles. The van der Waals surface area contributed by atoms with E-state index >= 15 is 0 Å². The Kier molecular flexibility index (Phi) is 6.57. The maximum atomic E-state index is 13.2. The SMILES string of the molecule is Cl.O=C(CC1CCCN1)N1CCN(Cc2cccc(F)c2)C(=O)C1. The molecule has 0 bridgehead atoms. The number of hydrogen-bond acceptors (Lipinski definition) is 3. The third-order valence-electron chi connectivity index (χ3n) is 4.52. The lowest BCUT2D eigenvalue weighted by Crippen LogP contribution is -2.52. The molecule has 7 heteroatoms. The predicted molar refractivity (Wildman–Crippen MR) is 91.3 cm³/mol. The van der Waals surface area contributed by atoms with Gasteiger partial charge >= 0.3 is 0 Å². The van der Waals surface area contributed by atoms with E-state index in [2.05, 4.69) is 5.32 Å². The number of halogens is 2. The van der Waals surface area contributed by atoms with Gasteiger partial charge in [0, 0.05) is 32.1 Å². The van der Waals surface area contributed by atoms with E-state index in [1.54, 1.807) is 21.9 Å². The minimum atomic E-state index is -0.298. The van der Waals surface area contributed by atoms with Crippen molar-refractivity contribution in [3.05, 3.63) is 35.6 Å². The molecule has 0 aliphatic carbocycles. The monoisotopic (exact) mass is 355 g/mol. The summed E-state index contributed by atoms with van der Waals surface area (Å²) in [5.41, 5.74) is 0.772. The molecule has 1 atom stereocenters. The summed E-state index contributed by atoms with van der Waals surface area (Å²) in [6.45, 7) is 2.54. The van der Waals surface area contributed by atoms with Crippen molar-refractivity contribution in [1.82, 2.24) is 15.1 Å². The molecule has 3 rings (SSSR count). The highest BCUT2D eigenvalue weighted by atomic mass is 35.5. The van der Waals surface area contributed by atoms with Crippen molar-refractivity contribution in [3.63, 3.8) is 0 Å². The van der Waals surface area contributed by atoms with E-state index in [-0.39, 0.29) is 42.6 Å². The molecule has 0 aromatic heterocycles. The van der Waals surface area contributed by atoms with Gasteiger partial charge in [-0.25, -0.2) is 4.39 Å². The minimum absolute atomic E-state index is 0. The number of piperazine rings is 1. The second-order valence-electron chi connectivity index (χ2n) is 6.26. The predicted octanol–water partition coefficient (Wildman–Crippen LogP) is 1.56. The molecule has 2 amide bonds. The van der Waals surface area contributed by atoms with Gasteiger partial charge in [0.1, 0.15) is 5.82 Å². The highest BCUT2D eigenvalue weighted by Gasteiger charge is 2.29. The molecule has 5 nitrogen and oxygen atoms in total. The molecule has 1 aromatic carbocycles. The van der Waals surface area contributed by atoms with Gasteiger partial charge in [-0.1, -0.05) is 12.1 Å². The molecule has 2 aliphatic rings. The molecule has 0 spiro atoms. The molecular weight excluding hydrogens is 333 g/mol. The van der Waals surface area contributed by atoms with Crippen LogP contribution in [0.3, 0.4) is 0 Å². The fraction of sp³-hybridized carbons (Fsp3) is 0.529. The Morgan fingerprint density at radius 1 is 1.33 bits per heavy atom. The van der Waals surface area contributed by atoms with Gasteiger partial charge in [0.15, 0.2) is 0 Å². The first-order chi connectivity index (χ1) is 11.1. The van der Waals surface area contributed by atoms with Crippen molar-refractivity contribution in [2.45, 2.75) is 31.8 Å². The number of benzene rings is 1. The summed E-state index contributed by atoms with van der Waals surface area (Å²) in [7, 11) is 0. The van der Waals surface area contributed by atoms with Gasteiger partial charge in [0.05, 0.1) is 6.54 Å². The third-order valence-corrected chi connectivity index (χ3v) is 4.52. The Morgan fingerprint density at radius 2 is 2.17 bits per heavy atom. The van der Waals surface area contributed by atoms with Crippen molar-refractivity contribution >= 4 is 24.2 Å². The Bertz CT molecular complexity index is 593. The molecule has 2 fully saturated rings. The number of nitrogens with one attached hydrogen (secondary N) is 1. The van der Waals surface area contributed by atoms with Crippen LogP contribution in [0.2, 0.25) is 0 Å². The Morgan fingerprint density at radius 3 is 2.83 bits per heavy atom. The summed E-state index contributed by atoms with van der Waals surface area (Å²) in [6, 6.07) is 6.53. The van der Waals surface area contributed by atoms with Crippen molar-refractivity contribution in [1.29, 1.82) is 0 Å². The fourth-order valence-corrected chi connectivity index (χ4v) is 3.22. The second kappa shape index (κ2) is 8.44. The Balaban J connectivity index is 0.00000208. The normalized spacial score (nSPS) is 20.9. The Labute approximate surface area is 147 Å². The summed E-state index contributed by atoms with van der Waals surface area (Å²) < 4.78 is 13.2. The highest BCUT2D eigenvalue weighted by molar-refractivity contribution is 5.86. The van der Waals surface area contributed by atoms with E-state index in [4.69, 9.17) is 0 Å². The summed E-state index contributed by atoms with van der Waals surface area (Å²) >= 11 is 0. The smallest absolute Gasteiger partial charge is 0.242 e. The van der Waals surface area contributed by atoms with E-state index in [9.17, 15) is 14.0 Å². The van der Waals surface area contributed by atoms with Crippen LogP contribution in [-0.2, 0) is 16.1 Å². The van der Waals surface area contributed by atoms with Crippen LogP contribution in [0.1, 0.15) is 24.8 Å². The molecule has 0 radical (unpaired) electrons. The third kappa shape index (κ3) is 4.68. The molecular formula is C17H23ClFN3O2. The first-order valence-electron chi connectivity index (χ1n) is 8.15. The Hall–Kier alpha value is -1.66. The number of carbonyl (C=O) groups excluding carboxylic acids is 2. The molecule has 2 saturated heterocycles. The van der Waals surface area contributed by atoms with Gasteiger partial charge in [0.25, 0.3) is 0 Å². The maximum Gasteiger partial charge on any atom is 0.242 e. The standard InChI is InChI=1S/C17H22FN3O2.ClH/c18-14-4-1-3-13(9-14)11-20-7-8-21(12-17(20)23)16(22)10-15-5-2-6-19-15;/h1,3-4,9,15,19H,2,5-8,10-12H2;1H. The maximum absolute atomic E-state index is 13.2. The minimum Gasteiger partial charge on any atom is -0.335 e. The van der Waals surface area contributed by atoms with Gasteiger partial charge in [-0.2, -0.15) is 0 Å². The number of rotatable bonds is 4. The molecule has 2 heterocycles. The zero-order chi connectivity index (χ0) is 16.2. The summed E-state index contributed by atoms with van der Waals surface area (Å²) in [6.07, 6.45) is 2.61. The largest absolute Gasteiger partial charge is 0.335 e. The van der Waals surface area contributed by atoms with Crippen LogP contribution < -0.4 is 5.32 Å². The van der Waals surface area contributed by atoms with Gasteiger partial charge in [-0.3, -0.25) is 9.59 Å². The van der Waals surface area contributed by atoms with Gasteiger partial charge in [-0.15, -0.1) is 12.4 Å². The van der Waals surface area contributed by atoms with Crippen LogP contribution in [0.5, 0.6) is 0 Å². The summed E-state index contributed by atoms with van der Waals surface area (Å²) in [5, 5.41) is 3.31. The quantitative estimate of drug-likeness (QED) is 0.891. The summed E-state index contributed by atoms with van der Waals surface area (Å²) in [4.78, 5) is 27.9. The first kappa shape index (κ1) is 18.7. The van der Waals surface area contributed by atoms with Gasteiger partial charge in [0.2, 0.25) is 11.8 Å². The van der Waals surface area contributed by atoms with E-state index in [1.165, 1.54) is 12.1 Å². The molecule has 2 aliphatic heterocycles.